The van der Waals surface area contributed by atoms with Gasteiger partial charge in [0.15, 0.2) is 5.65 Å². The second kappa shape index (κ2) is 5.95. The minimum absolute atomic E-state index is 0.169. The average Bonchev–Trinajstić information content (AvgIpc) is 2.98. The standard InChI is InChI=1S/C15H12N4O2S/c1-3-6-22(20)10-4-5-11(13(7-10)21-2)14-18-12-8-16-9-17-15(12)19-14/h1,4-5,7-9H,6H2,2H3,(H,16,17,18,19). The van der Waals surface area contributed by atoms with Gasteiger partial charge in [0, 0.05) is 4.90 Å². The lowest BCUT2D eigenvalue weighted by Crippen LogP contribution is -1.97. The lowest BCUT2D eigenvalue weighted by Gasteiger charge is -2.08. The molecule has 1 unspecified atom stereocenters. The molecule has 0 fully saturated rings. The number of ether oxygens (including phenoxy) is 1. The van der Waals surface area contributed by atoms with E-state index in [0.717, 1.165) is 11.1 Å². The number of terminal acetylenes is 1. The van der Waals surface area contributed by atoms with Crippen LogP contribution in [-0.4, -0.2) is 37.0 Å². The van der Waals surface area contributed by atoms with Crippen LogP contribution < -0.4 is 4.74 Å². The molecule has 0 bridgehead atoms. The first-order chi connectivity index (χ1) is 10.7. The fraction of sp³-hybridized carbons (Fsp3) is 0.133. The molecule has 0 saturated heterocycles. The molecule has 6 nitrogen and oxygen atoms in total. The van der Waals surface area contributed by atoms with E-state index < -0.39 is 10.8 Å². The topological polar surface area (TPSA) is 80.8 Å². The van der Waals surface area contributed by atoms with Crippen LogP contribution in [0.3, 0.4) is 0 Å². The van der Waals surface area contributed by atoms with Crippen LogP contribution in [0.2, 0.25) is 0 Å². The number of nitrogens with zero attached hydrogens (tertiary/aromatic N) is 3. The van der Waals surface area contributed by atoms with E-state index in [1.54, 1.807) is 31.5 Å². The van der Waals surface area contributed by atoms with Gasteiger partial charge in [-0.2, -0.15) is 0 Å². The van der Waals surface area contributed by atoms with Crippen LogP contribution in [0, 0.1) is 12.3 Å². The van der Waals surface area contributed by atoms with Crippen molar-refractivity contribution in [2.24, 2.45) is 0 Å². The first-order valence-corrected chi connectivity index (χ1v) is 7.71. The molecule has 0 spiro atoms. The number of methoxy groups -OCH3 is 1. The zero-order valence-electron chi connectivity index (χ0n) is 11.7. The average molecular weight is 312 g/mol. The smallest absolute Gasteiger partial charge is 0.181 e. The highest BCUT2D eigenvalue weighted by molar-refractivity contribution is 7.85. The SMILES string of the molecule is C#CCS(=O)c1ccc(-c2nc3ncncc3[nH]2)c(OC)c1. The molecule has 2 aromatic heterocycles. The van der Waals surface area contributed by atoms with Crippen molar-refractivity contribution in [3.8, 4) is 29.5 Å². The molecule has 2 heterocycles. The molecule has 0 amide bonds. The number of benzene rings is 1. The molecule has 1 N–H and O–H groups in total. The van der Waals surface area contributed by atoms with Gasteiger partial charge in [-0.15, -0.1) is 6.42 Å². The third-order valence-corrected chi connectivity index (χ3v) is 4.28. The molecule has 0 radical (unpaired) electrons. The van der Waals surface area contributed by atoms with Crippen molar-refractivity contribution in [3.63, 3.8) is 0 Å². The molecule has 0 saturated carbocycles. The molecule has 22 heavy (non-hydrogen) atoms. The van der Waals surface area contributed by atoms with E-state index in [0.29, 0.717) is 22.1 Å². The summed E-state index contributed by atoms with van der Waals surface area (Å²) in [5.74, 6) is 3.74. The van der Waals surface area contributed by atoms with E-state index in [9.17, 15) is 4.21 Å². The Morgan fingerprint density at radius 1 is 1.45 bits per heavy atom. The molecule has 0 aliphatic heterocycles. The van der Waals surface area contributed by atoms with Crippen LogP contribution in [-0.2, 0) is 10.8 Å². The zero-order chi connectivity index (χ0) is 15.5. The fourth-order valence-corrected chi connectivity index (χ4v) is 2.83. The van der Waals surface area contributed by atoms with E-state index in [4.69, 9.17) is 11.2 Å². The van der Waals surface area contributed by atoms with Gasteiger partial charge >= 0.3 is 0 Å². The van der Waals surface area contributed by atoms with Crippen molar-refractivity contribution < 1.29 is 8.95 Å². The Kier molecular flexibility index (Phi) is 3.85. The van der Waals surface area contributed by atoms with Crippen molar-refractivity contribution in [2.75, 3.05) is 12.9 Å². The van der Waals surface area contributed by atoms with Crippen molar-refractivity contribution >= 4 is 22.0 Å². The Morgan fingerprint density at radius 2 is 2.32 bits per heavy atom. The van der Waals surface area contributed by atoms with E-state index in [1.807, 2.05) is 0 Å². The van der Waals surface area contributed by atoms with E-state index in [2.05, 4.69) is 25.9 Å². The predicted molar refractivity (Wildman–Crippen MR) is 83.8 cm³/mol. The summed E-state index contributed by atoms with van der Waals surface area (Å²) < 4.78 is 17.4. The zero-order valence-corrected chi connectivity index (χ0v) is 12.6. The van der Waals surface area contributed by atoms with Crippen LogP contribution in [0.5, 0.6) is 5.75 Å². The molecule has 1 aromatic carbocycles. The Labute approximate surface area is 129 Å². The number of rotatable bonds is 4. The first kappa shape index (κ1) is 14.2. The highest BCUT2D eigenvalue weighted by atomic mass is 32.2. The maximum atomic E-state index is 12.0. The Balaban J connectivity index is 2.07. The first-order valence-electron chi connectivity index (χ1n) is 6.39. The second-order valence-corrected chi connectivity index (χ2v) is 5.85. The van der Waals surface area contributed by atoms with Crippen molar-refractivity contribution in [3.05, 3.63) is 30.7 Å². The number of aromatic nitrogens is 4. The minimum Gasteiger partial charge on any atom is -0.496 e. The number of H-pyrrole nitrogens is 1. The maximum absolute atomic E-state index is 12.0. The number of nitrogens with one attached hydrogen (secondary N) is 1. The van der Waals surface area contributed by atoms with Gasteiger partial charge in [-0.05, 0) is 18.2 Å². The molecule has 3 aromatic rings. The number of hydrogen-bond donors (Lipinski definition) is 1. The summed E-state index contributed by atoms with van der Waals surface area (Å²) >= 11 is 0. The Morgan fingerprint density at radius 3 is 3.05 bits per heavy atom. The third-order valence-electron chi connectivity index (χ3n) is 3.07. The predicted octanol–water partition coefficient (Wildman–Crippen LogP) is 1.77. The van der Waals surface area contributed by atoms with E-state index in [1.165, 1.54) is 6.33 Å². The monoisotopic (exact) mass is 312 g/mol. The molecule has 0 aliphatic carbocycles. The van der Waals surface area contributed by atoms with Crippen LogP contribution in [0.15, 0.2) is 35.6 Å². The van der Waals surface area contributed by atoms with Gasteiger partial charge in [-0.3, -0.25) is 4.21 Å². The van der Waals surface area contributed by atoms with Gasteiger partial charge in [-0.1, -0.05) is 5.92 Å². The van der Waals surface area contributed by atoms with Crippen molar-refractivity contribution in [1.82, 2.24) is 19.9 Å². The van der Waals surface area contributed by atoms with Gasteiger partial charge in [0.25, 0.3) is 0 Å². The molecule has 110 valence electrons. The normalized spacial score (nSPS) is 12.0. The third kappa shape index (κ3) is 2.56. The summed E-state index contributed by atoms with van der Waals surface area (Å²) in [5.41, 5.74) is 2.06. The van der Waals surface area contributed by atoms with Gasteiger partial charge in [0.1, 0.15) is 23.4 Å². The van der Waals surface area contributed by atoms with Gasteiger partial charge in [0.05, 0.1) is 35.4 Å². The highest BCUT2D eigenvalue weighted by Gasteiger charge is 2.13. The number of aromatic amines is 1. The lowest BCUT2D eigenvalue weighted by atomic mass is 10.2. The Hall–Kier alpha value is -2.72. The molecule has 3 rings (SSSR count). The number of hydrogen-bond acceptors (Lipinski definition) is 5. The summed E-state index contributed by atoms with van der Waals surface area (Å²) in [6.07, 6.45) is 8.29. The summed E-state index contributed by atoms with van der Waals surface area (Å²) in [4.78, 5) is 16.2. The van der Waals surface area contributed by atoms with Crippen LogP contribution in [0.4, 0.5) is 0 Å². The molecule has 1 atom stereocenters. The summed E-state index contributed by atoms with van der Waals surface area (Å²) in [6.45, 7) is 0. The quantitative estimate of drug-likeness (QED) is 0.743. The maximum Gasteiger partial charge on any atom is 0.181 e. The molecule has 7 heteroatoms. The van der Waals surface area contributed by atoms with Crippen LogP contribution in [0.25, 0.3) is 22.6 Å². The molecular weight excluding hydrogens is 300 g/mol. The molecule has 0 aliphatic rings. The fourth-order valence-electron chi connectivity index (χ4n) is 2.06. The number of imidazole rings is 1. The lowest BCUT2D eigenvalue weighted by molar-refractivity contribution is 0.415. The minimum atomic E-state index is -1.24. The van der Waals surface area contributed by atoms with Crippen LogP contribution >= 0.6 is 0 Å². The highest BCUT2D eigenvalue weighted by Crippen LogP contribution is 2.30. The van der Waals surface area contributed by atoms with Crippen molar-refractivity contribution in [2.45, 2.75) is 4.90 Å². The van der Waals surface area contributed by atoms with Crippen molar-refractivity contribution in [1.29, 1.82) is 0 Å². The molecular formula is C15H12N4O2S. The largest absolute Gasteiger partial charge is 0.496 e. The van der Waals surface area contributed by atoms with Gasteiger partial charge in [-0.25, -0.2) is 15.0 Å². The summed E-state index contributed by atoms with van der Waals surface area (Å²) in [6, 6.07) is 5.26. The summed E-state index contributed by atoms with van der Waals surface area (Å²) in [5, 5.41) is 0. The van der Waals surface area contributed by atoms with E-state index in [-0.39, 0.29) is 5.75 Å². The van der Waals surface area contributed by atoms with E-state index >= 15 is 0 Å². The van der Waals surface area contributed by atoms with Crippen LogP contribution in [0.1, 0.15) is 0 Å². The second-order valence-electron chi connectivity index (χ2n) is 4.40. The van der Waals surface area contributed by atoms with Gasteiger partial charge in [0.2, 0.25) is 0 Å². The Bertz CT molecular complexity index is 865. The summed E-state index contributed by atoms with van der Waals surface area (Å²) in [7, 11) is 0.307. The number of fused-ring (bicyclic) bond motifs is 1. The van der Waals surface area contributed by atoms with Gasteiger partial charge < -0.3 is 9.72 Å².